The van der Waals surface area contributed by atoms with Gasteiger partial charge in [0.2, 0.25) is 0 Å². The van der Waals surface area contributed by atoms with Gasteiger partial charge in [-0.3, -0.25) is 4.57 Å². The van der Waals surface area contributed by atoms with E-state index in [1.54, 1.807) is 13.8 Å². The fraction of sp³-hybridized carbons (Fsp3) is 0.615. The highest BCUT2D eigenvalue weighted by atomic mass is 19.1. The number of fused-ring (bicyclic) bond motifs is 2. The summed E-state index contributed by atoms with van der Waals surface area (Å²) in [6.07, 6.45) is -2.23. The lowest BCUT2D eigenvalue weighted by Gasteiger charge is -2.24. The Bertz CT molecular complexity index is 766. The fourth-order valence-electron chi connectivity index (χ4n) is 3.14. The lowest BCUT2D eigenvalue weighted by atomic mass is 10.1. The van der Waals surface area contributed by atoms with Gasteiger partial charge >= 0.3 is 0 Å². The molecule has 23 heavy (non-hydrogen) atoms. The molecular formula is C13H16FN5O4. The van der Waals surface area contributed by atoms with E-state index in [-0.39, 0.29) is 23.6 Å². The Hall–Kier alpha value is -1.88. The molecule has 0 spiro atoms. The van der Waals surface area contributed by atoms with Crippen molar-refractivity contribution in [2.24, 2.45) is 0 Å². The molecule has 3 N–H and O–H groups in total. The predicted molar refractivity (Wildman–Crippen MR) is 74.5 cm³/mol. The molecule has 2 fully saturated rings. The van der Waals surface area contributed by atoms with Crippen molar-refractivity contribution in [1.29, 1.82) is 0 Å². The molecule has 4 heterocycles. The fourth-order valence-corrected chi connectivity index (χ4v) is 3.14. The van der Waals surface area contributed by atoms with Gasteiger partial charge in [0.1, 0.15) is 24.6 Å². The number of aromatic nitrogens is 4. The summed E-state index contributed by atoms with van der Waals surface area (Å²) in [5.74, 6) is -0.782. The van der Waals surface area contributed by atoms with Gasteiger partial charge in [-0.25, -0.2) is 9.97 Å². The van der Waals surface area contributed by atoms with Gasteiger partial charge in [0, 0.05) is 0 Å². The second-order valence-electron chi connectivity index (χ2n) is 5.99. The van der Waals surface area contributed by atoms with E-state index < -0.39 is 36.4 Å². The van der Waals surface area contributed by atoms with Crippen LogP contribution in [0.25, 0.3) is 11.2 Å². The van der Waals surface area contributed by atoms with E-state index >= 15 is 0 Å². The molecular weight excluding hydrogens is 309 g/mol. The molecule has 2 saturated heterocycles. The minimum Gasteiger partial charge on any atom is -0.394 e. The van der Waals surface area contributed by atoms with Crippen molar-refractivity contribution in [3.05, 3.63) is 12.4 Å². The zero-order valence-electron chi connectivity index (χ0n) is 12.5. The summed E-state index contributed by atoms with van der Waals surface area (Å²) in [4.78, 5) is 11.6. The maximum atomic E-state index is 14.4. The average Bonchev–Trinajstić information content (AvgIpc) is 3.08. The molecule has 0 aliphatic carbocycles. The maximum Gasteiger partial charge on any atom is 0.293 e. The molecule has 2 aromatic heterocycles. The Balaban J connectivity index is 1.82. The van der Waals surface area contributed by atoms with Gasteiger partial charge in [0.15, 0.2) is 29.0 Å². The molecule has 0 amide bonds. The standard InChI is InChI=1S/C13H16FN5O4/c1-13(2)22-7-5(3-20)21-11(8(7)23-13)19-10-6(18-12(19)14)9(15)16-4-17-10/h4-5,7-8,11,20H,3H2,1-2H3,(H2,15,16,17)/t5-,7-,8-,11-/m1/s1. The Morgan fingerprint density at radius 3 is 2.83 bits per heavy atom. The van der Waals surface area contributed by atoms with Crippen LogP contribution in [0.2, 0.25) is 0 Å². The Kier molecular flexibility index (Phi) is 3.07. The van der Waals surface area contributed by atoms with E-state index in [9.17, 15) is 9.50 Å². The predicted octanol–water partition coefficient (Wildman–Crippen LogP) is -0.0426. The monoisotopic (exact) mass is 325 g/mol. The minimum absolute atomic E-state index is 0.0739. The van der Waals surface area contributed by atoms with E-state index in [4.69, 9.17) is 19.9 Å². The molecule has 2 aromatic rings. The van der Waals surface area contributed by atoms with Gasteiger partial charge in [-0.15, -0.1) is 0 Å². The average molecular weight is 325 g/mol. The summed E-state index contributed by atoms with van der Waals surface area (Å²) in [5, 5.41) is 9.50. The molecule has 0 radical (unpaired) electrons. The first-order chi connectivity index (χ1) is 10.9. The van der Waals surface area contributed by atoms with Crippen LogP contribution in [-0.4, -0.2) is 55.3 Å². The van der Waals surface area contributed by atoms with Crippen LogP contribution in [0.5, 0.6) is 0 Å². The quantitative estimate of drug-likeness (QED) is 0.738. The first-order valence-electron chi connectivity index (χ1n) is 7.17. The molecule has 124 valence electrons. The second kappa shape index (κ2) is 4.81. The maximum absolute atomic E-state index is 14.4. The molecule has 9 nitrogen and oxygen atoms in total. The van der Waals surface area contributed by atoms with Gasteiger partial charge < -0.3 is 25.1 Å². The molecule has 2 aliphatic rings. The number of nitrogen functional groups attached to an aromatic ring is 1. The number of hydrogen-bond acceptors (Lipinski definition) is 8. The van der Waals surface area contributed by atoms with E-state index in [2.05, 4.69) is 15.0 Å². The molecule has 4 rings (SSSR count). The van der Waals surface area contributed by atoms with Gasteiger partial charge in [-0.05, 0) is 13.8 Å². The molecule has 0 bridgehead atoms. The summed E-state index contributed by atoms with van der Waals surface area (Å²) in [7, 11) is 0. The Labute approximate surface area is 130 Å². The van der Waals surface area contributed by atoms with Crippen molar-refractivity contribution in [2.45, 2.75) is 44.2 Å². The first kappa shape index (κ1) is 14.7. The van der Waals surface area contributed by atoms with Crippen molar-refractivity contribution in [1.82, 2.24) is 19.5 Å². The molecule has 0 saturated carbocycles. The number of imidazole rings is 1. The van der Waals surface area contributed by atoms with Gasteiger partial charge in [0.25, 0.3) is 6.08 Å². The number of anilines is 1. The number of rotatable bonds is 2. The van der Waals surface area contributed by atoms with E-state index in [0.717, 1.165) is 4.57 Å². The number of hydrogen-bond donors (Lipinski definition) is 2. The molecule has 2 aliphatic heterocycles. The number of nitrogens with zero attached hydrogens (tertiary/aromatic N) is 4. The third kappa shape index (κ3) is 2.10. The first-order valence-corrected chi connectivity index (χ1v) is 7.17. The Morgan fingerprint density at radius 2 is 2.09 bits per heavy atom. The van der Waals surface area contributed by atoms with Crippen LogP contribution in [0, 0.1) is 6.08 Å². The van der Waals surface area contributed by atoms with Crippen molar-refractivity contribution >= 4 is 17.0 Å². The molecule has 0 aromatic carbocycles. The van der Waals surface area contributed by atoms with Gasteiger partial charge in [-0.2, -0.15) is 9.37 Å². The van der Waals surface area contributed by atoms with Crippen LogP contribution < -0.4 is 5.73 Å². The lowest BCUT2D eigenvalue weighted by Crippen LogP contribution is -2.31. The van der Waals surface area contributed by atoms with Crippen molar-refractivity contribution in [2.75, 3.05) is 12.3 Å². The summed E-state index contributed by atoms with van der Waals surface area (Å²) in [6.45, 7) is 3.22. The number of halogens is 1. The smallest absolute Gasteiger partial charge is 0.293 e. The highest BCUT2D eigenvalue weighted by Crippen LogP contribution is 2.44. The zero-order chi connectivity index (χ0) is 16.4. The van der Waals surface area contributed by atoms with Crippen molar-refractivity contribution < 1.29 is 23.7 Å². The normalized spacial score (nSPS) is 32.5. The zero-order valence-corrected chi connectivity index (χ0v) is 12.5. The summed E-state index contributed by atoms with van der Waals surface area (Å²) < 4.78 is 32.9. The molecule has 0 unspecified atom stereocenters. The van der Waals surface area contributed by atoms with Crippen LogP contribution >= 0.6 is 0 Å². The largest absolute Gasteiger partial charge is 0.394 e. The van der Waals surface area contributed by atoms with Crippen molar-refractivity contribution in [3.8, 4) is 0 Å². The topological polar surface area (TPSA) is 118 Å². The van der Waals surface area contributed by atoms with Crippen LogP contribution in [0.4, 0.5) is 10.2 Å². The number of aliphatic hydroxyl groups excluding tert-OH is 1. The van der Waals surface area contributed by atoms with Crippen LogP contribution in [0.3, 0.4) is 0 Å². The highest BCUT2D eigenvalue weighted by molar-refractivity contribution is 5.81. The summed E-state index contributed by atoms with van der Waals surface area (Å²) in [5.41, 5.74) is 6.06. The second-order valence-corrected chi connectivity index (χ2v) is 5.99. The molecule has 4 atom stereocenters. The molecule has 10 heteroatoms. The van der Waals surface area contributed by atoms with Crippen LogP contribution in [0.15, 0.2) is 6.33 Å². The lowest BCUT2D eigenvalue weighted by molar-refractivity contribution is -0.200. The Morgan fingerprint density at radius 1 is 1.35 bits per heavy atom. The van der Waals surface area contributed by atoms with Gasteiger partial charge in [-0.1, -0.05) is 0 Å². The van der Waals surface area contributed by atoms with E-state index in [1.165, 1.54) is 6.33 Å². The third-order valence-electron chi connectivity index (χ3n) is 4.02. The van der Waals surface area contributed by atoms with Gasteiger partial charge in [0.05, 0.1) is 6.61 Å². The highest BCUT2D eigenvalue weighted by Gasteiger charge is 2.56. The number of ether oxygens (including phenoxy) is 3. The SMILES string of the molecule is CC1(C)O[C@@H]2[C@H](O1)[C@@H](CO)O[C@H]2n1c(F)nc2c(N)ncnc21. The minimum atomic E-state index is -0.877. The number of nitrogens with two attached hydrogens (primary N) is 1. The number of aliphatic hydroxyl groups is 1. The van der Waals surface area contributed by atoms with E-state index in [0.29, 0.717) is 0 Å². The van der Waals surface area contributed by atoms with E-state index in [1.807, 2.05) is 0 Å². The summed E-state index contributed by atoms with van der Waals surface area (Å²) >= 11 is 0. The van der Waals surface area contributed by atoms with Crippen LogP contribution in [-0.2, 0) is 14.2 Å². The summed E-state index contributed by atoms with van der Waals surface area (Å²) in [6, 6.07) is 0. The third-order valence-corrected chi connectivity index (χ3v) is 4.02. The van der Waals surface area contributed by atoms with Crippen LogP contribution in [0.1, 0.15) is 20.1 Å². The van der Waals surface area contributed by atoms with Crippen molar-refractivity contribution in [3.63, 3.8) is 0 Å².